The lowest BCUT2D eigenvalue weighted by Crippen LogP contribution is -2.48. The van der Waals surface area contributed by atoms with Crippen molar-refractivity contribution in [1.29, 1.82) is 0 Å². The van der Waals surface area contributed by atoms with Gasteiger partial charge in [0.15, 0.2) is 5.13 Å². The highest BCUT2D eigenvalue weighted by Crippen LogP contribution is 2.18. The number of methoxy groups -OCH3 is 1. The number of benzene rings is 1. The van der Waals surface area contributed by atoms with Gasteiger partial charge in [-0.05, 0) is 18.2 Å². The monoisotopic (exact) mass is 327 g/mol. The average molecular weight is 327 g/mol. The minimum Gasteiger partial charge on any atom is -0.497 e. The van der Waals surface area contributed by atoms with E-state index in [1.165, 1.54) is 0 Å². The van der Waals surface area contributed by atoms with Crippen LogP contribution in [0.3, 0.4) is 0 Å². The standard InChI is InChI=1S/C17H17N3O2S/c1-22-15-4-2-3-14(13-15)5-6-16(21)19-8-10-20(11-9-19)17-18-7-12-23-17/h2-4,7,12-13H,8-11H2,1H3. The van der Waals surface area contributed by atoms with E-state index < -0.39 is 0 Å². The summed E-state index contributed by atoms with van der Waals surface area (Å²) in [6, 6.07) is 7.40. The second-order valence-electron chi connectivity index (χ2n) is 5.08. The molecule has 0 aliphatic carbocycles. The Bertz CT molecular complexity index is 726. The van der Waals surface area contributed by atoms with E-state index in [0.717, 1.165) is 29.5 Å². The molecule has 5 nitrogen and oxygen atoms in total. The van der Waals surface area contributed by atoms with Crippen LogP contribution in [0.15, 0.2) is 35.8 Å². The predicted molar refractivity (Wildman–Crippen MR) is 90.8 cm³/mol. The number of thiazole rings is 1. The van der Waals surface area contributed by atoms with Crippen LogP contribution in [0.25, 0.3) is 0 Å². The zero-order valence-electron chi connectivity index (χ0n) is 12.9. The van der Waals surface area contributed by atoms with Gasteiger partial charge in [0.05, 0.1) is 7.11 Å². The predicted octanol–water partition coefficient (Wildman–Crippen LogP) is 1.85. The molecule has 0 radical (unpaired) electrons. The first-order valence-electron chi connectivity index (χ1n) is 7.35. The van der Waals surface area contributed by atoms with Crippen molar-refractivity contribution in [2.24, 2.45) is 0 Å². The van der Waals surface area contributed by atoms with Gasteiger partial charge in [0, 0.05) is 49.2 Å². The number of carbonyl (C=O) groups excluding carboxylic acids is 1. The number of carbonyl (C=O) groups is 1. The molecule has 1 amide bonds. The summed E-state index contributed by atoms with van der Waals surface area (Å²) in [5.41, 5.74) is 0.777. The maximum Gasteiger partial charge on any atom is 0.298 e. The number of amides is 1. The van der Waals surface area contributed by atoms with Gasteiger partial charge >= 0.3 is 0 Å². The van der Waals surface area contributed by atoms with Crippen LogP contribution < -0.4 is 9.64 Å². The highest BCUT2D eigenvalue weighted by atomic mass is 32.1. The summed E-state index contributed by atoms with van der Waals surface area (Å²) >= 11 is 1.62. The maximum absolute atomic E-state index is 12.2. The summed E-state index contributed by atoms with van der Waals surface area (Å²) in [6.45, 7) is 2.93. The van der Waals surface area contributed by atoms with Crippen molar-refractivity contribution in [3.8, 4) is 17.6 Å². The first kappa shape index (κ1) is 15.4. The Kier molecular flexibility index (Phi) is 4.79. The van der Waals surface area contributed by atoms with Gasteiger partial charge in [0.2, 0.25) is 0 Å². The van der Waals surface area contributed by atoms with Crippen molar-refractivity contribution in [2.75, 3.05) is 38.2 Å². The molecule has 1 fully saturated rings. The molecule has 2 aromatic rings. The first-order chi connectivity index (χ1) is 11.3. The summed E-state index contributed by atoms with van der Waals surface area (Å²) in [6.07, 6.45) is 1.80. The van der Waals surface area contributed by atoms with Crippen LogP contribution in [0.1, 0.15) is 5.56 Å². The molecule has 6 heteroatoms. The average Bonchev–Trinajstić information content (AvgIpc) is 3.14. The molecule has 0 N–H and O–H groups in total. The summed E-state index contributed by atoms with van der Waals surface area (Å²) in [5, 5.41) is 2.98. The second kappa shape index (κ2) is 7.16. The number of anilines is 1. The van der Waals surface area contributed by atoms with E-state index in [9.17, 15) is 4.79 Å². The molecule has 1 aliphatic heterocycles. The van der Waals surface area contributed by atoms with Crippen LogP contribution in [0, 0.1) is 11.8 Å². The molecule has 1 aromatic carbocycles. The van der Waals surface area contributed by atoms with E-state index in [1.807, 2.05) is 29.6 Å². The van der Waals surface area contributed by atoms with Gasteiger partial charge < -0.3 is 14.5 Å². The lowest BCUT2D eigenvalue weighted by molar-refractivity contribution is -0.125. The number of aromatic nitrogens is 1. The largest absolute Gasteiger partial charge is 0.497 e. The quantitative estimate of drug-likeness (QED) is 0.790. The molecule has 3 rings (SSSR count). The third kappa shape index (κ3) is 3.82. The smallest absolute Gasteiger partial charge is 0.298 e. The van der Waals surface area contributed by atoms with Crippen molar-refractivity contribution in [3.63, 3.8) is 0 Å². The zero-order chi connectivity index (χ0) is 16.1. The van der Waals surface area contributed by atoms with Crippen LogP contribution in [0.2, 0.25) is 0 Å². The number of ether oxygens (including phenoxy) is 1. The van der Waals surface area contributed by atoms with Crippen molar-refractivity contribution < 1.29 is 9.53 Å². The van der Waals surface area contributed by atoms with Crippen molar-refractivity contribution >= 4 is 22.4 Å². The van der Waals surface area contributed by atoms with Crippen LogP contribution >= 0.6 is 11.3 Å². The Balaban J connectivity index is 1.59. The van der Waals surface area contributed by atoms with E-state index in [0.29, 0.717) is 13.1 Å². The number of nitrogens with zero attached hydrogens (tertiary/aromatic N) is 3. The Morgan fingerprint density at radius 1 is 1.30 bits per heavy atom. The number of hydrogen-bond donors (Lipinski definition) is 0. The third-order valence-electron chi connectivity index (χ3n) is 3.64. The minimum absolute atomic E-state index is 0.133. The first-order valence-corrected chi connectivity index (χ1v) is 8.23. The molecule has 1 aromatic heterocycles. The van der Waals surface area contributed by atoms with Gasteiger partial charge in [-0.3, -0.25) is 4.79 Å². The molecule has 2 heterocycles. The SMILES string of the molecule is COc1cccc(C#CC(=O)N2CCN(c3nccs3)CC2)c1. The normalized spacial score (nSPS) is 14.1. The number of rotatable bonds is 2. The summed E-state index contributed by atoms with van der Waals surface area (Å²) in [5.74, 6) is 6.23. The van der Waals surface area contributed by atoms with Crippen LogP contribution in [-0.4, -0.2) is 49.1 Å². The van der Waals surface area contributed by atoms with E-state index in [2.05, 4.69) is 21.7 Å². The highest BCUT2D eigenvalue weighted by molar-refractivity contribution is 7.13. The summed E-state index contributed by atoms with van der Waals surface area (Å²) in [7, 11) is 1.61. The Labute approximate surface area is 139 Å². The van der Waals surface area contributed by atoms with Crippen molar-refractivity contribution in [3.05, 3.63) is 41.4 Å². The van der Waals surface area contributed by atoms with Gasteiger partial charge in [0.1, 0.15) is 5.75 Å². The van der Waals surface area contributed by atoms with E-state index >= 15 is 0 Å². The fourth-order valence-electron chi connectivity index (χ4n) is 2.38. The minimum atomic E-state index is -0.133. The molecular formula is C17H17N3O2S. The fraction of sp³-hybridized carbons (Fsp3) is 0.294. The maximum atomic E-state index is 12.2. The number of piperazine rings is 1. The molecule has 23 heavy (non-hydrogen) atoms. The highest BCUT2D eigenvalue weighted by Gasteiger charge is 2.21. The third-order valence-corrected chi connectivity index (χ3v) is 4.47. The lowest BCUT2D eigenvalue weighted by Gasteiger charge is -2.33. The topological polar surface area (TPSA) is 45.7 Å². The Morgan fingerprint density at radius 2 is 2.13 bits per heavy atom. The van der Waals surface area contributed by atoms with E-state index in [-0.39, 0.29) is 5.91 Å². The van der Waals surface area contributed by atoms with E-state index in [4.69, 9.17) is 4.74 Å². The van der Waals surface area contributed by atoms with Crippen LogP contribution in [0.4, 0.5) is 5.13 Å². The molecule has 118 valence electrons. The molecule has 0 unspecified atom stereocenters. The summed E-state index contributed by atoms with van der Waals surface area (Å²) in [4.78, 5) is 20.5. The van der Waals surface area contributed by atoms with E-state index in [1.54, 1.807) is 29.5 Å². The van der Waals surface area contributed by atoms with Crippen LogP contribution in [0.5, 0.6) is 5.75 Å². The number of hydrogen-bond acceptors (Lipinski definition) is 5. The van der Waals surface area contributed by atoms with Gasteiger partial charge in [-0.15, -0.1) is 11.3 Å². The van der Waals surface area contributed by atoms with Gasteiger partial charge in [0.25, 0.3) is 5.91 Å². The zero-order valence-corrected chi connectivity index (χ0v) is 13.7. The molecule has 0 bridgehead atoms. The molecule has 1 saturated heterocycles. The molecule has 0 spiro atoms. The molecule has 1 aliphatic rings. The van der Waals surface area contributed by atoms with Crippen molar-refractivity contribution in [1.82, 2.24) is 9.88 Å². The second-order valence-corrected chi connectivity index (χ2v) is 5.95. The molecule has 0 saturated carbocycles. The molecular weight excluding hydrogens is 310 g/mol. The van der Waals surface area contributed by atoms with Crippen LogP contribution in [-0.2, 0) is 4.79 Å². The Morgan fingerprint density at radius 3 is 2.83 bits per heavy atom. The van der Waals surface area contributed by atoms with Crippen molar-refractivity contribution in [2.45, 2.75) is 0 Å². The fourth-order valence-corrected chi connectivity index (χ4v) is 3.08. The lowest BCUT2D eigenvalue weighted by atomic mass is 10.2. The van der Waals surface area contributed by atoms with Gasteiger partial charge in [-0.25, -0.2) is 4.98 Å². The summed E-state index contributed by atoms with van der Waals surface area (Å²) < 4.78 is 5.15. The van der Waals surface area contributed by atoms with Gasteiger partial charge in [-0.1, -0.05) is 12.0 Å². The Hall–Kier alpha value is -2.52. The van der Waals surface area contributed by atoms with Gasteiger partial charge in [-0.2, -0.15) is 0 Å². The molecule has 0 atom stereocenters.